The van der Waals surface area contributed by atoms with Crippen LogP contribution in [0.4, 0.5) is 0 Å². The lowest BCUT2D eigenvalue weighted by molar-refractivity contribution is 0.0272. The first-order valence-corrected chi connectivity index (χ1v) is 6.96. The van der Waals surface area contributed by atoms with Crippen LogP contribution in [0.5, 0.6) is 0 Å². The number of carbonyl (C=O) groups is 1. The third kappa shape index (κ3) is 3.12. The van der Waals surface area contributed by atoms with E-state index in [0.29, 0.717) is 12.2 Å². The van der Waals surface area contributed by atoms with Crippen molar-refractivity contribution >= 4 is 21.8 Å². The molecule has 1 aliphatic rings. The van der Waals surface area contributed by atoms with E-state index in [1.54, 1.807) is 0 Å². The van der Waals surface area contributed by atoms with Crippen LogP contribution in [-0.2, 0) is 4.74 Å². The maximum Gasteiger partial charge on any atom is 0.251 e. The smallest absolute Gasteiger partial charge is 0.251 e. The van der Waals surface area contributed by atoms with Gasteiger partial charge in [-0.05, 0) is 50.5 Å². The molecule has 1 fully saturated rings. The van der Waals surface area contributed by atoms with E-state index in [-0.39, 0.29) is 11.4 Å². The molecule has 1 aromatic carbocycles. The third-order valence-electron chi connectivity index (χ3n) is 3.27. The molecule has 1 atom stereocenters. The Morgan fingerprint density at radius 2 is 2.28 bits per heavy atom. The Kier molecular flexibility index (Phi) is 4.07. The predicted molar refractivity (Wildman–Crippen MR) is 74.8 cm³/mol. The van der Waals surface area contributed by atoms with Gasteiger partial charge in [0.1, 0.15) is 0 Å². The monoisotopic (exact) mass is 311 g/mol. The summed E-state index contributed by atoms with van der Waals surface area (Å²) >= 11 is 3.44. The van der Waals surface area contributed by atoms with E-state index in [0.717, 1.165) is 29.5 Å². The molecule has 2 rings (SSSR count). The van der Waals surface area contributed by atoms with Gasteiger partial charge in [0.15, 0.2) is 0 Å². The first kappa shape index (κ1) is 13.6. The molecule has 1 amide bonds. The average Bonchev–Trinajstić information content (AvgIpc) is 2.33. The zero-order valence-corrected chi connectivity index (χ0v) is 12.3. The molecule has 0 spiro atoms. The van der Waals surface area contributed by atoms with E-state index in [4.69, 9.17) is 4.74 Å². The standard InChI is InChI=1S/C14H18BrNO2/c1-10-8-11(4-5-12(10)15)13(17)16-14(2)6-3-7-18-9-14/h4-5,8H,3,6-7,9H2,1-2H3,(H,16,17). The van der Waals surface area contributed by atoms with Gasteiger partial charge in [-0.3, -0.25) is 4.79 Å². The molecule has 18 heavy (non-hydrogen) atoms. The fraction of sp³-hybridized carbons (Fsp3) is 0.500. The number of amides is 1. The average molecular weight is 312 g/mol. The van der Waals surface area contributed by atoms with Crippen LogP contribution in [0, 0.1) is 6.92 Å². The number of aryl methyl sites for hydroxylation is 1. The van der Waals surface area contributed by atoms with Gasteiger partial charge < -0.3 is 10.1 Å². The summed E-state index contributed by atoms with van der Waals surface area (Å²) in [4.78, 5) is 12.2. The Bertz CT molecular complexity index is 453. The molecule has 0 radical (unpaired) electrons. The van der Waals surface area contributed by atoms with Crippen molar-refractivity contribution in [3.05, 3.63) is 33.8 Å². The summed E-state index contributed by atoms with van der Waals surface area (Å²) in [6.45, 7) is 5.40. The number of halogens is 1. The van der Waals surface area contributed by atoms with Gasteiger partial charge >= 0.3 is 0 Å². The summed E-state index contributed by atoms with van der Waals surface area (Å²) in [6.07, 6.45) is 1.96. The fourth-order valence-corrected chi connectivity index (χ4v) is 2.41. The summed E-state index contributed by atoms with van der Waals surface area (Å²) in [5.74, 6) is -0.0291. The zero-order valence-electron chi connectivity index (χ0n) is 10.8. The van der Waals surface area contributed by atoms with Gasteiger partial charge in [0, 0.05) is 16.6 Å². The molecule has 1 N–H and O–H groups in total. The van der Waals surface area contributed by atoms with E-state index in [2.05, 4.69) is 21.2 Å². The highest BCUT2D eigenvalue weighted by molar-refractivity contribution is 9.10. The van der Waals surface area contributed by atoms with Crippen LogP contribution >= 0.6 is 15.9 Å². The molecule has 3 nitrogen and oxygen atoms in total. The molecular formula is C14H18BrNO2. The lowest BCUT2D eigenvalue weighted by atomic mass is 9.94. The normalized spacial score (nSPS) is 23.7. The number of benzene rings is 1. The quantitative estimate of drug-likeness (QED) is 0.911. The van der Waals surface area contributed by atoms with Crippen molar-refractivity contribution in [2.24, 2.45) is 0 Å². The van der Waals surface area contributed by atoms with Crippen molar-refractivity contribution in [2.75, 3.05) is 13.2 Å². The summed E-state index contributed by atoms with van der Waals surface area (Å²) in [5, 5.41) is 3.08. The minimum absolute atomic E-state index is 0.0291. The molecule has 0 aromatic heterocycles. The fourth-order valence-electron chi connectivity index (χ4n) is 2.16. The lowest BCUT2D eigenvalue weighted by Crippen LogP contribution is -2.51. The SMILES string of the molecule is Cc1cc(C(=O)NC2(C)CCCOC2)ccc1Br. The highest BCUT2D eigenvalue weighted by atomic mass is 79.9. The van der Waals surface area contributed by atoms with Gasteiger partial charge in [0.05, 0.1) is 12.1 Å². The number of rotatable bonds is 2. The number of nitrogens with one attached hydrogen (secondary N) is 1. The van der Waals surface area contributed by atoms with Crippen LogP contribution in [0.15, 0.2) is 22.7 Å². The second-order valence-corrected chi connectivity index (χ2v) is 5.99. The summed E-state index contributed by atoms with van der Waals surface area (Å²) < 4.78 is 6.46. The topological polar surface area (TPSA) is 38.3 Å². The van der Waals surface area contributed by atoms with Crippen LogP contribution in [0.1, 0.15) is 35.7 Å². The molecule has 0 bridgehead atoms. The molecule has 1 heterocycles. The van der Waals surface area contributed by atoms with Gasteiger partial charge in [0.2, 0.25) is 0 Å². The zero-order chi connectivity index (χ0) is 13.2. The molecule has 1 saturated heterocycles. The van der Waals surface area contributed by atoms with Gasteiger partial charge in [-0.25, -0.2) is 0 Å². The highest BCUT2D eigenvalue weighted by Gasteiger charge is 2.29. The number of hydrogen-bond acceptors (Lipinski definition) is 2. The van der Waals surface area contributed by atoms with Gasteiger partial charge in [-0.1, -0.05) is 15.9 Å². The Hall–Kier alpha value is -0.870. The minimum Gasteiger partial charge on any atom is -0.379 e. The minimum atomic E-state index is -0.240. The first-order valence-electron chi connectivity index (χ1n) is 6.17. The Labute approximate surface area is 116 Å². The van der Waals surface area contributed by atoms with Gasteiger partial charge in [0.25, 0.3) is 5.91 Å². The predicted octanol–water partition coefficient (Wildman–Crippen LogP) is 3.06. The van der Waals surface area contributed by atoms with Crippen LogP contribution in [0.2, 0.25) is 0 Å². The molecule has 1 aromatic rings. The Morgan fingerprint density at radius 3 is 2.89 bits per heavy atom. The van der Waals surface area contributed by atoms with Crippen molar-refractivity contribution in [1.82, 2.24) is 5.32 Å². The van der Waals surface area contributed by atoms with Gasteiger partial charge in [-0.2, -0.15) is 0 Å². The van der Waals surface area contributed by atoms with Crippen molar-refractivity contribution < 1.29 is 9.53 Å². The number of carbonyl (C=O) groups excluding carboxylic acids is 1. The van der Waals surface area contributed by atoms with Crippen LogP contribution in [0.25, 0.3) is 0 Å². The first-order chi connectivity index (χ1) is 8.50. The number of hydrogen-bond donors (Lipinski definition) is 1. The van der Waals surface area contributed by atoms with E-state index < -0.39 is 0 Å². The molecular weight excluding hydrogens is 294 g/mol. The lowest BCUT2D eigenvalue weighted by Gasteiger charge is -2.34. The van der Waals surface area contributed by atoms with Crippen molar-refractivity contribution in [2.45, 2.75) is 32.2 Å². The second kappa shape index (κ2) is 5.41. The number of ether oxygens (including phenoxy) is 1. The second-order valence-electron chi connectivity index (χ2n) is 5.13. The third-order valence-corrected chi connectivity index (χ3v) is 4.16. The molecule has 4 heteroatoms. The maximum atomic E-state index is 12.2. The maximum absolute atomic E-state index is 12.2. The molecule has 0 saturated carbocycles. The van der Waals surface area contributed by atoms with E-state index in [1.807, 2.05) is 32.0 Å². The van der Waals surface area contributed by atoms with E-state index >= 15 is 0 Å². The van der Waals surface area contributed by atoms with Crippen LogP contribution < -0.4 is 5.32 Å². The Balaban J connectivity index is 2.09. The summed E-state index contributed by atoms with van der Waals surface area (Å²) in [7, 11) is 0. The largest absolute Gasteiger partial charge is 0.379 e. The molecule has 1 unspecified atom stereocenters. The molecule has 0 aliphatic carbocycles. The molecule has 1 aliphatic heterocycles. The summed E-state index contributed by atoms with van der Waals surface area (Å²) in [5.41, 5.74) is 1.52. The van der Waals surface area contributed by atoms with Crippen molar-refractivity contribution in [3.8, 4) is 0 Å². The summed E-state index contributed by atoms with van der Waals surface area (Å²) in [6, 6.07) is 5.63. The Morgan fingerprint density at radius 1 is 1.50 bits per heavy atom. The van der Waals surface area contributed by atoms with Gasteiger partial charge in [-0.15, -0.1) is 0 Å². The van der Waals surface area contributed by atoms with E-state index in [1.165, 1.54) is 0 Å². The highest BCUT2D eigenvalue weighted by Crippen LogP contribution is 2.21. The molecule has 98 valence electrons. The van der Waals surface area contributed by atoms with Crippen molar-refractivity contribution in [3.63, 3.8) is 0 Å². The van der Waals surface area contributed by atoms with Crippen LogP contribution in [-0.4, -0.2) is 24.7 Å². The van der Waals surface area contributed by atoms with Crippen molar-refractivity contribution in [1.29, 1.82) is 0 Å². The van der Waals surface area contributed by atoms with E-state index in [9.17, 15) is 4.79 Å². The van der Waals surface area contributed by atoms with Crippen LogP contribution in [0.3, 0.4) is 0 Å².